The fourth-order valence-corrected chi connectivity index (χ4v) is 2.66. The van der Waals surface area contributed by atoms with E-state index in [2.05, 4.69) is 21.1 Å². The lowest BCUT2D eigenvalue weighted by molar-refractivity contribution is -0.136. The number of nitrogens with zero attached hydrogens (tertiary/aromatic N) is 1. The number of halogens is 1. The molecule has 6 heteroatoms. The minimum absolute atomic E-state index is 0.211. The molecule has 0 spiro atoms. The average Bonchev–Trinajstić information content (AvgIpc) is 3.16. The van der Waals surface area contributed by atoms with Gasteiger partial charge in [0.05, 0.1) is 5.57 Å². The SMILES string of the molecule is O=C1ON=C(c2ccc(Br)cc2)/C1=C/c1ccc2c(c1)OCO2. The molecule has 2 aliphatic heterocycles. The minimum atomic E-state index is -0.472. The highest BCUT2D eigenvalue weighted by atomic mass is 79.9. The van der Waals surface area contributed by atoms with Crippen LogP contribution in [0.5, 0.6) is 11.5 Å². The van der Waals surface area contributed by atoms with Crippen LogP contribution in [0.25, 0.3) is 6.08 Å². The highest BCUT2D eigenvalue weighted by molar-refractivity contribution is 9.10. The van der Waals surface area contributed by atoms with Gasteiger partial charge in [-0.25, -0.2) is 4.79 Å². The molecule has 0 saturated heterocycles. The molecule has 2 aromatic carbocycles. The molecule has 0 N–H and O–H groups in total. The lowest BCUT2D eigenvalue weighted by atomic mass is 10.0. The smallest absolute Gasteiger partial charge is 0.368 e. The van der Waals surface area contributed by atoms with Crippen LogP contribution in [0.3, 0.4) is 0 Å². The Balaban J connectivity index is 1.72. The molecule has 4 rings (SSSR count). The summed E-state index contributed by atoms with van der Waals surface area (Å²) in [5.74, 6) is 0.886. The molecule has 0 atom stereocenters. The molecule has 2 aliphatic rings. The quantitative estimate of drug-likeness (QED) is 0.598. The van der Waals surface area contributed by atoms with E-state index >= 15 is 0 Å². The van der Waals surface area contributed by atoms with Gasteiger partial charge in [0.1, 0.15) is 5.71 Å². The Morgan fingerprint density at radius 3 is 2.65 bits per heavy atom. The summed E-state index contributed by atoms with van der Waals surface area (Å²) in [5, 5.41) is 3.89. The van der Waals surface area contributed by atoms with Gasteiger partial charge in [-0.3, -0.25) is 0 Å². The van der Waals surface area contributed by atoms with E-state index in [0.29, 0.717) is 22.8 Å². The molecule has 0 unspecified atom stereocenters. The van der Waals surface area contributed by atoms with E-state index < -0.39 is 5.97 Å². The predicted octanol–water partition coefficient (Wildman–Crippen LogP) is 3.52. The van der Waals surface area contributed by atoms with Crippen molar-refractivity contribution in [2.24, 2.45) is 5.16 Å². The average molecular weight is 372 g/mol. The lowest BCUT2D eigenvalue weighted by Crippen LogP contribution is -2.06. The maximum absolute atomic E-state index is 12.0. The van der Waals surface area contributed by atoms with Crippen LogP contribution in [-0.4, -0.2) is 18.5 Å². The fraction of sp³-hybridized carbons (Fsp3) is 0.0588. The first kappa shape index (κ1) is 14.0. The summed E-state index contributed by atoms with van der Waals surface area (Å²) in [4.78, 5) is 16.8. The molecule has 0 amide bonds. The number of carbonyl (C=O) groups excluding carboxylic acids is 1. The van der Waals surface area contributed by atoms with Gasteiger partial charge in [-0.15, -0.1) is 0 Å². The molecule has 23 heavy (non-hydrogen) atoms. The summed E-state index contributed by atoms with van der Waals surface area (Å²) in [7, 11) is 0. The Morgan fingerprint density at radius 1 is 1.04 bits per heavy atom. The van der Waals surface area contributed by atoms with E-state index in [9.17, 15) is 4.79 Å². The van der Waals surface area contributed by atoms with E-state index in [-0.39, 0.29) is 6.79 Å². The number of benzene rings is 2. The van der Waals surface area contributed by atoms with E-state index in [1.165, 1.54) is 0 Å². The molecule has 2 heterocycles. The zero-order valence-electron chi connectivity index (χ0n) is 11.8. The van der Waals surface area contributed by atoms with Gasteiger partial charge in [0, 0.05) is 10.0 Å². The first-order valence-corrected chi connectivity index (χ1v) is 7.67. The number of oxime groups is 1. The van der Waals surface area contributed by atoms with Gasteiger partial charge in [-0.05, 0) is 35.9 Å². The van der Waals surface area contributed by atoms with Gasteiger partial charge in [0.25, 0.3) is 0 Å². The number of fused-ring (bicyclic) bond motifs is 1. The second-order valence-corrected chi connectivity index (χ2v) is 5.91. The molecular weight excluding hydrogens is 362 g/mol. The van der Waals surface area contributed by atoms with Crippen LogP contribution < -0.4 is 9.47 Å². The largest absolute Gasteiger partial charge is 0.454 e. The Bertz CT molecular complexity index is 855. The number of hydrogen-bond acceptors (Lipinski definition) is 5. The summed E-state index contributed by atoms with van der Waals surface area (Å²) < 4.78 is 11.6. The van der Waals surface area contributed by atoms with Gasteiger partial charge in [-0.1, -0.05) is 39.3 Å². The van der Waals surface area contributed by atoms with Crippen LogP contribution in [0, 0.1) is 0 Å². The highest BCUT2D eigenvalue weighted by Crippen LogP contribution is 2.33. The maximum Gasteiger partial charge on any atom is 0.368 e. The summed E-state index contributed by atoms with van der Waals surface area (Å²) in [5.41, 5.74) is 2.55. The standard InChI is InChI=1S/C17H10BrNO4/c18-12-4-2-11(3-5-12)16-13(17(20)23-19-16)7-10-1-6-14-15(8-10)22-9-21-14/h1-8H,9H2/b13-7-. The first-order chi connectivity index (χ1) is 11.2. The van der Waals surface area contributed by atoms with Crippen LogP contribution >= 0.6 is 15.9 Å². The van der Waals surface area contributed by atoms with E-state index in [1.54, 1.807) is 6.08 Å². The molecule has 0 saturated carbocycles. The number of carbonyl (C=O) groups is 1. The zero-order valence-corrected chi connectivity index (χ0v) is 13.4. The van der Waals surface area contributed by atoms with E-state index in [4.69, 9.17) is 14.3 Å². The summed E-state index contributed by atoms with van der Waals surface area (Å²) >= 11 is 3.38. The number of hydrogen-bond donors (Lipinski definition) is 0. The van der Waals surface area contributed by atoms with Gasteiger partial charge < -0.3 is 14.3 Å². The molecular formula is C17H10BrNO4. The Kier molecular flexibility index (Phi) is 3.38. The van der Waals surface area contributed by atoms with Crippen molar-refractivity contribution >= 4 is 33.7 Å². The molecule has 0 bridgehead atoms. The minimum Gasteiger partial charge on any atom is -0.454 e. The van der Waals surface area contributed by atoms with E-state index in [0.717, 1.165) is 15.6 Å². The van der Waals surface area contributed by atoms with Gasteiger partial charge in [0.2, 0.25) is 6.79 Å². The second kappa shape index (κ2) is 5.55. The van der Waals surface area contributed by atoms with Crippen LogP contribution in [-0.2, 0) is 9.63 Å². The second-order valence-electron chi connectivity index (χ2n) is 5.00. The van der Waals surface area contributed by atoms with Gasteiger partial charge >= 0.3 is 5.97 Å². The number of ether oxygens (including phenoxy) is 2. The maximum atomic E-state index is 12.0. The molecule has 2 aromatic rings. The normalized spacial score (nSPS) is 17.3. The van der Waals surface area contributed by atoms with Gasteiger partial charge in [-0.2, -0.15) is 0 Å². The summed E-state index contributed by atoms with van der Waals surface area (Å²) in [6, 6.07) is 13.0. The third-order valence-corrected chi connectivity index (χ3v) is 4.05. The lowest BCUT2D eigenvalue weighted by Gasteiger charge is -2.02. The third-order valence-electron chi connectivity index (χ3n) is 3.52. The Morgan fingerprint density at radius 2 is 1.83 bits per heavy atom. The Labute approximate surface area is 140 Å². The third kappa shape index (κ3) is 2.61. The van der Waals surface area contributed by atoms with Crippen molar-refractivity contribution < 1.29 is 19.1 Å². The van der Waals surface area contributed by atoms with Crippen LogP contribution in [0.4, 0.5) is 0 Å². The van der Waals surface area contributed by atoms with Crippen molar-refractivity contribution in [2.45, 2.75) is 0 Å². The monoisotopic (exact) mass is 371 g/mol. The molecule has 0 radical (unpaired) electrons. The van der Waals surface area contributed by atoms with Crippen molar-refractivity contribution in [1.82, 2.24) is 0 Å². The predicted molar refractivity (Wildman–Crippen MR) is 87.3 cm³/mol. The molecule has 0 fully saturated rings. The first-order valence-electron chi connectivity index (χ1n) is 6.88. The highest BCUT2D eigenvalue weighted by Gasteiger charge is 2.27. The topological polar surface area (TPSA) is 57.1 Å². The van der Waals surface area contributed by atoms with Crippen molar-refractivity contribution in [1.29, 1.82) is 0 Å². The zero-order chi connectivity index (χ0) is 15.8. The van der Waals surface area contributed by atoms with Crippen LogP contribution in [0.1, 0.15) is 11.1 Å². The van der Waals surface area contributed by atoms with Crippen molar-refractivity contribution in [3.05, 3.63) is 63.6 Å². The van der Waals surface area contributed by atoms with Crippen molar-refractivity contribution in [3.8, 4) is 11.5 Å². The fourth-order valence-electron chi connectivity index (χ4n) is 2.39. The molecule has 5 nitrogen and oxygen atoms in total. The van der Waals surface area contributed by atoms with E-state index in [1.807, 2.05) is 42.5 Å². The van der Waals surface area contributed by atoms with Crippen molar-refractivity contribution in [2.75, 3.05) is 6.79 Å². The molecule has 0 aromatic heterocycles. The van der Waals surface area contributed by atoms with Gasteiger partial charge in [0.15, 0.2) is 11.5 Å². The van der Waals surface area contributed by atoms with Crippen molar-refractivity contribution in [3.63, 3.8) is 0 Å². The Hall–Kier alpha value is -2.60. The summed E-state index contributed by atoms with van der Waals surface area (Å²) in [6.45, 7) is 0.211. The molecule has 114 valence electrons. The number of rotatable bonds is 2. The summed E-state index contributed by atoms with van der Waals surface area (Å²) in [6.07, 6.45) is 1.73. The molecule has 0 aliphatic carbocycles. The van der Waals surface area contributed by atoms with Crippen LogP contribution in [0.15, 0.2) is 57.7 Å². The van der Waals surface area contributed by atoms with Crippen LogP contribution in [0.2, 0.25) is 0 Å².